The SMILES string of the molecule is C=S(N)(=O)c1cccc(Nc2ncc(C)c(Nc3ccc4c(c3)CCN(C(=O)CCl)C4)n2)c1. The number of hydrogen-bond donors (Lipinski definition) is 3. The van der Waals surface area contributed by atoms with Crippen LogP contribution in [0.15, 0.2) is 53.6 Å². The maximum atomic E-state index is 12.0. The molecule has 0 spiro atoms. The lowest BCUT2D eigenvalue weighted by molar-refractivity contribution is -0.129. The molecule has 1 aliphatic heterocycles. The van der Waals surface area contributed by atoms with E-state index in [4.69, 9.17) is 16.7 Å². The van der Waals surface area contributed by atoms with Crippen molar-refractivity contribution in [1.82, 2.24) is 14.9 Å². The van der Waals surface area contributed by atoms with E-state index in [1.54, 1.807) is 29.3 Å². The fourth-order valence-corrected chi connectivity index (χ4v) is 4.42. The summed E-state index contributed by atoms with van der Waals surface area (Å²) in [7, 11) is -2.81. The van der Waals surface area contributed by atoms with Gasteiger partial charge in [0.15, 0.2) is 0 Å². The summed E-state index contributed by atoms with van der Waals surface area (Å²) in [4.78, 5) is 23.0. The summed E-state index contributed by atoms with van der Waals surface area (Å²) in [5.41, 5.74) is 4.76. The first kappa shape index (κ1) is 23.0. The van der Waals surface area contributed by atoms with Crippen molar-refractivity contribution in [2.45, 2.75) is 24.8 Å². The third kappa shape index (κ3) is 5.44. The van der Waals surface area contributed by atoms with E-state index in [2.05, 4.69) is 32.5 Å². The Balaban J connectivity index is 1.52. The fourth-order valence-electron chi connectivity index (χ4n) is 3.61. The van der Waals surface area contributed by atoms with E-state index in [-0.39, 0.29) is 11.8 Å². The average Bonchev–Trinajstić information content (AvgIpc) is 2.80. The molecule has 0 bridgehead atoms. The number of fused-ring (bicyclic) bond motifs is 1. The number of nitrogens with two attached hydrogens (primary N) is 1. The number of amides is 1. The summed E-state index contributed by atoms with van der Waals surface area (Å²) < 4.78 is 12.0. The third-order valence-corrected chi connectivity index (χ3v) is 6.69. The first-order chi connectivity index (χ1) is 15.7. The second kappa shape index (κ2) is 9.38. The van der Waals surface area contributed by atoms with Gasteiger partial charge >= 0.3 is 0 Å². The van der Waals surface area contributed by atoms with Crippen LogP contribution in [0.4, 0.5) is 23.1 Å². The fraction of sp³-hybridized carbons (Fsp3) is 0.217. The highest BCUT2D eigenvalue weighted by atomic mass is 35.5. The maximum Gasteiger partial charge on any atom is 0.237 e. The zero-order chi connectivity index (χ0) is 23.6. The summed E-state index contributed by atoms with van der Waals surface area (Å²) in [5, 5.41) is 12.1. The van der Waals surface area contributed by atoms with Crippen LogP contribution < -0.4 is 15.8 Å². The lowest BCUT2D eigenvalue weighted by Crippen LogP contribution is -2.36. The van der Waals surface area contributed by atoms with Gasteiger partial charge in [-0.3, -0.25) is 9.93 Å². The second-order valence-electron chi connectivity index (χ2n) is 7.91. The van der Waals surface area contributed by atoms with Gasteiger partial charge in [0.1, 0.15) is 11.7 Å². The highest BCUT2D eigenvalue weighted by molar-refractivity contribution is 7.98. The van der Waals surface area contributed by atoms with Crippen LogP contribution in [0.1, 0.15) is 16.7 Å². The Kier molecular flexibility index (Phi) is 6.55. The molecule has 1 atom stereocenters. The summed E-state index contributed by atoms with van der Waals surface area (Å²) in [6.07, 6.45) is 2.50. The van der Waals surface area contributed by atoms with Gasteiger partial charge in [-0.25, -0.2) is 9.19 Å². The molecular formula is C23H25ClN6O2S. The lowest BCUT2D eigenvalue weighted by atomic mass is 9.99. The van der Waals surface area contributed by atoms with Crippen molar-refractivity contribution in [3.8, 4) is 0 Å². The molecule has 2 aromatic carbocycles. The highest BCUT2D eigenvalue weighted by Crippen LogP contribution is 2.26. The lowest BCUT2D eigenvalue weighted by Gasteiger charge is -2.28. The highest BCUT2D eigenvalue weighted by Gasteiger charge is 2.20. The Morgan fingerprint density at radius 3 is 2.76 bits per heavy atom. The number of carbonyl (C=O) groups is 1. The maximum absolute atomic E-state index is 12.0. The van der Waals surface area contributed by atoms with E-state index in [1.807, 2.05) is 25.1 Å². The molecule has 0 fully saturated rings. The zero-order valence-electron chi connectivity index (χ0n) is 18.2. The molecule has 172 valence electrons. The van der Waals surface area contributed by atoms with Gasteiger partial charge in [-0.2, -0.15) is 4.98 Å². The van der Waals surface area contributed by atoms with Crippen molar-refractivity contribution in [3.63, 3.8) is 0 Å². The molecule has 0 aliphatic carbocycles. The number of rotatable bonds is 6. The monoisotopic (exact) mass is 484 g/mol. The molecule has 1 aliphatic rings. The molecule has 8 nitrogen and oxygen atoms in total. The van der Waals surface area contributed by atoms with E-state index in [0.717, 1.165) is 23.2 Å². The number of nitrogens with zero attached hydrogens (tertiary/aromatic N) is 3. The predicted octanol–water partition coefficient (Wildman–Crippen LogP) is 3.34. The topological polar surface area (TPSA) is 113 Å². The van der Waals surface area contributed by atoms with Crippen molar-refractivity contribution >= 4 is 56.2 Å². The molecule has 0 saturated carbocycles. The Morgan fingerprint density at radius 2 is 2.00 bits per heavy atom. The number of halogens is 1. The minimum Gasteiger partial charge on any atom is -0.340 e. The van der Waals surface area contributed by atoms with E-state index in [1.165, 1.54) is 5.56 Å². The van der Waals surface area contributed by atoms with Gasteiger partial charge in [0.2, 0.25) is 11.9 Å². The van der Waals surface area contributed by atoms with E-state index in [0.29, 0.717) is 35.4 Å². The largest absolute Gasteiger partial charge is 0.340 e. The van der Waals surface area contributed by atoms with Crippen LogP contribution in [0.25, 0.3) is 0 Å². The quantitative estimate of drug-likeness (QED) is 0.365. The smallest absolute Gasteiger partial charge is 0.237 e. The zero-order valence-corrected chi connectivity index (χ0v) is 19.7. The summed E-state index contributed by atoms with van der Waals surface area (Å²) in [6, 6.07) is 13.0. The molecule has 2 heterocycles. The van der Waals surface area contributed by atoms with Crippen molar-refractivity contribution in [2.24, 2.45) is 5.14 Å². The number of carbonyl (C=O) groups excluding carboxylic acids is 1. The van der Waals surface area contributed by atoms with E-state index in [9.17, 15) is 9.00 Å². The molecule has 10 heteroatoms. The predicted molar refractivity (Wildman–Crippen MR) is 134 cm³/mol. The number of anilines is 4. The van der Waals surface area contributed by atoms with Crippen molar-refractivity contribution in [2.75, 3.05) is 23.1 Å². The van der Waals surface area contributed by atoms with Gasteiger partial charge in [0.25, 0.3) is 0 Å². The molecule has 0 radical (unpaired) electrons. The number of aryl methyl sites for hydroxylation is 1. The van der Waals surface area contributed by atoms with Crippen LogP contribution in [0.2, 0.25) is 0 Å². The van der Waals surface area contributed by atoms with Gasteiger partial charge in [-0.05, 0) is 60.7 Å². The minimum atomic E-state index is -2.81. The van der Waals surface area contributed by atoms with Crippen molar-refractivity contribution in [3.05, 3.63) is 65.4 Å². The molecule has 1 unspecified atom stereocenters. The van der Waals surface area contributed by atoms with Crippen LogP contribution in [-0.4, -0.2) is 43.3 Å². The molecule has 4 rings (SSSR count). The second-order valence-corrected chi connectivity index (χ2v) is 10.1. The van der Waals surface area contributed by atoms with Crippen molar-refractivity contribution in [1.29, 1.82) is 0 Å². The van der Waals surface area contributed by atoms with Crippen molar-refractivity contribution < 1.29 is 9.00 Å². The number of benzene rings is 2. The normalized spacial score (nSPS) is 14.8. The first-order valence-electron chi connectivity index (χ1n) is 10.3. The number of hydrogen-bond acceptors (Lipinski definition) is 6. The van der Waals surface area contributed by atoms with Crippen LogP contribution in [-0.2, 0) is 27.5 Å². The number of alkyl halides is 1. The van der Waals surface area contributed by atoms with Gasteiger partial charge in [0, 0.05) is 41.1 Å². The van der Waals surface area contributed by atoms with Gasteiger partial charge in [-0.1, -0.05) is 12.1 Å². The Bertz CT molecular complexity index is 1310. The minimum absolute atomic E-state index is 0.00308. The Labute approximate surface area is 198 Å². The summed E-state index contributed by atoms with van der Waals surface area (Å²) in [6.45, 7) is 3.15. The van der Waals surface area contributed by atoms with Crippen LogP contribution >= 0.6 is 11.6 Å². The number of nitrogens with one attached hydrogen (secondary N) is 2. The van der Waals surface area contributed by atoms with Crippen LogP contribution in [0.5, 0.6) is 0 Å². The summed E-state index contributed by atoms with van der Waals surface area (Å²) >= 11 is 5.69. The van der Waals surface area contributed by atoms with E-state index >= 15 is 0 Å². The van der Waals surface area contributed by atoms with Gasteiger partial charge < -0.3 is 15.5 Å². The third-order valence-electron chi connectivity index (χ3n) is 5.41. The molecule has 4 N–H and O–H groups in total. The Hall–Kier alpha value is -3.14. The van der Waals surface area contributed by atoms with Crippen LogP contribution in [0, 0.1) is 6.92 Å². The van der Waals surface area contributed by atoms with E-state index < -0.39 is 9.71 Å². The molecule has 33 heavy (non-hydrogen) atoms. The van der Waals surface area contributed by atoms with Crippen LogP contribution in [0.3, 0.4) is 0 Å². The van der Waals surface area contributed by atoms with Gasteiger partial charge in [0.05, 0.1) is 9.71 Å². The number of aromatic nitrogens is 2. The summed E-state index contributed by atoms with van der Waals surface area (Å²) in [5.74, 6) is 4.53. The molecule has 1 aromatic heterocycles. The standard InChI is InChI=1S/C23H25ClN6O2S/c1-15-13-26-23(28-18-4-3-5-20(11-18)33(2,25)32)29-22(15)27-19-7-6-17-14-30(21(31)12-24)9-8-16(17)10-19/h3-7,10-11,13H,2,8-9,12,14H2,1H3,(H2,25,32)(H2,26,27,28,29). The molecular weight excluding hydrogens is 460 g/mol. The average molecular weight is 485 g/mol. The Morgan fingerprint density at radius 1 is 1.21 bits per heavy atom. The molecule has 1 amide bonds. The first-order valence-corrected chi connectivity index (χ1v) is 12.6. The molecule has 3 aromatic rings. The molecule has 0 saturated heterocycles. The van der Waals surface area contributed by atoms with Gasteiger partial charge in [-0.15, -0.1) is 11.6 Å².